The predicted molar refractivity (Wildman–Crippen MR) is 91.8 cm³/mol. The SMILES string of the molecule is COc1ccccc1-c1noc(CNS(=O)(=O)c2cccc(Cl)c2)n1. The van der Waals surface area contributed by atoms with Gasteiger partial charge in [-0.2, -0.15) is 4.98 Å². The number of sulfonamides is 1. The molecule has 0 unspecified atom stereocenters. The van der Waals surface area contributed by atoms with E-state index < -0.39 is 10.0 Å². The van der Waals surface area contributed by atoms with Gasteiger partial charge in [-0.05, 0) is 30.3 Å². The highest BCUT2D eigenvalue weighted by Gasteiger charge is 2.17. The van der Waals surface area contributed by atoms with E-state index in [0.29, 0.717) is 22.2 Å². The van der Waals surface area contributed by atoms with Crippen LogP contribution in [0.15, 0.2) is 57.9 Å². The first-order valence-corrected chi connectivity index (χ1v) is 9.07. The lowest BCUT2D eigenvalue weighted by Gasteiger charge is -2.04. The Labute approximate surface area is 149 Å². The van der Waals surface area contributed by atoms with E-state index in [2.05, 4.69) is 14.9 Å². The highest BCUT2D eigenvalue weighted by Crippen LogP contribution is 2.27. The summed E-state index contributed by atoms with van der Waals surface area (Å²) in [7, 11) is -2.20. The largest absolute Gasteiger partial charge is 0.496 e. The van der Waals surface area contributed by atoms with E-state index in [0.717, 1.165) is 0 Å². The molecule has 0 atom stereocenters. The van der Waals surface area contributed by atoms with Crippen LogP contribution in [0.3, 0.4) is 0 Å². The number of rotatable bonds is 6. The number of aromatic nitrogens is 2. The van der Waals surface area contributed by atoms with Gasteiger partial charge >= 0.3 is 0 Å². The summed E-state index contributed by atoms with van der Waals surface area (Å²) in [6.45, 7) is -0.142. The summed E-state index contributed by atoms with van der Waals surface area (Å²) >= 11 is 5.82. The van der Waals surface area contributed by atoms with Gasteiger partial charge in [-0.3, -0.25) is 0 Å². The number of nitrogens with zero attached hydrogens (tertiary/aromatic N) is 2. The van der Waals surface area contributed by atoms with Crippen LogP contribution in [0.1, 0.15) is 5.89 Å². The lowest BCUT2D eigenvalue weighted by atomic mass is 10.2. The van der Waals surface area contributed by atoms with Crippen LogP contribution in [0.4, 0.5) is 0 Å². The van der Waals surface area contributed by atoms with Crippen LogP contribution in [0.5, 0.6) is 5.75 Å². The fourth-order valence-electron chi connectivity index (χ4n) is 2.14. The van der Waals surface area contributed by atoms with Crippen molar-refractivity contribution >= 4 is 21.6 Å². The number of ether oxygens (including phenoxy) is 1. The molecule has 1 heterocycles. The van der Waals surface area contributed by atoms with Gasteiger partial charge in [-0.1, -0.05) is 35.0 Å². The van der Waals surface area contributed by atoms with Crippen molar-refractivity contribution in [1.82, 2.24) is 14.9 Å². The minimum Gasteiger partial charge on any atom is -0.496 e. The first kappa shape index (κ1) is 17.4. The van der Waals surface area contributed by atoms with Gasteiger partial charge in [0.05, 0.1) is 24.1 Å². The van der Waals surface area contributed by atoms with Crippen LogP contribution < -0.4 is 9.46 Å². The first-order valence-electron chi connectivity index (χ1n) is 7.21. The van der Waals surface area contributed by atoms with Gasteiger partial charge in [0.2, 0.25) is 21.7 Å². The van der Waals surface area contributed by atoms with Crippen LogP contribution in [0.2, 0.25) is 5.02 Å². The zero-order valence-electron chi connectivity index (χ0n) is 13.1. The maximum atomic E-state index is 12.3. The van der Waals surface area contributed by atoms with E-state index in [1.807, 2.05) is 12.1 Å². The molecule has 0 amide bonds. The molecule has 9 heteroatoms. The number of methoxy groups -OCH3 is 1. The third kappa shape index (κ3) is 3.98. The third-order valence-electron chi connectivity index (χ3n) is 3.34. The van der Waals surface area contributed by atoms with Crippen LogP contribution >= 0.6 is 11.6 Å². The van der Waals surface area contributed by atoms with Gasteiger partial charge < -0.3 is 9.26 Å². The van der Waals surface area contributed by atoms with Crippen LogP contribution in [0.25, 0.3) is 11.4 Å². The molecule has 0 saturated heterocycles. The molecule has 25 heavy (non-hydrogen) atoms. The molecule has 3 aromatic rings. The van der Waals surface area contributed by atoms with Gasteiger partial charge in [-0.15, -0.1) is 0 Å². The number of benzene rings is 2. The average Bonchev–Trinajstić information content (AvgIpc) is 3.09. The second-order valence-electron chi connectivity index (χ2n) is 4.99. The number of para-hydroxylation sites is 1. The van der Waals surface area contributed by atoms with Gasteiger partial charge in [0.1, 0.15) is 5.75 Å². The summed E-state index contributed by atoms with van der Waals surface area (Å²) in [5, 5.41) is 4.19. The van der Waals surface area contributed by atoms with E-state index in [4.69, 9.17) is 20.9 Å². The fourth-order valence-corrected chi connectivity index (χ4v) is 3.41. The standard InChI is InChI=1S/C16H14ClN3O4S/c1-23-14-8-3-2-7-13(14)16-19-15(24-20-16)10-18-25(21,22)12-6-4-5-11(17)9-12/h2-9,18H,10H2,1H3. The van der Waals surface area contributed by atoms with E-state index >= 15 is 0 Å². The molecule has 1 aromatic heterocycles. The van der Waals surface area contributed by atoms with Crippen molar-refractivity contribution in [3.05, 3.63) is 59.4 Å². The van der Waals surface area contributed by atoms with E-state index in [1.165, 1.54) is 12.1 Å². The summed E-state index contributed by atoms with van der Waals surface area (Å²) in [5.41, 5.74) is 0.651. The zero-order valence-corrected chi connectivity index (χ0v) is 14.7. The summed E-state index contributed by atoms with van der Waals surface area (Å²) in [6, 6.07) is 13.1. The predicted octanol–water partition coefficient (Wildman–Crippen LogP) is 2.88. The molecule has 0 saturated carbocycles. The monoisotopic (exact) mass is 379 g/mol. The molecule has 0 aliphatic carbocycles. The van der Waals surface area contributed by atoms with Crippen LogP contribution in [-0.4, -0.2) is 25.7 Å². The molecule has 3 rings (SSSR count). The van der Waals surface area contributed by atoms with Crippen LogP contribution in [-0.2, 0) is 16.6 Å². The lowest BCUT2D eigenvalue weighted by molar-refractivity contribution is 0.375. The Kier molecular flexibility index (Phi) is 5.03. The van der Waals surface area contributed by atoms with E-state index in [-0.39, 0.29) is 17.3 Å². The van der Waals surface area contributed by atoms with Gasteiger partial charge in [-0.25, -0.2) is 13.1 Å². The molecule has 7 nitrogen and oxygen atoms in total. The smallest absolute Gasteiger partial charge is 0.242 e. The van der Waals surface area contributed by atoms with Crippen molar-refractivity contribution in [2.75, 3.05) is 7.11 Å². The van der Waals surface area contributed by atoms with Gasteiger partial charge in [0.15, 0.2) is 0 Å². The van der Waals surface area contributed by atoms with Gasteiger partial charge in [0, 0.05) is 5.02 Å². The molecule has 0 aliphatic heterocycles. The molecule has 0 radical (unpaired) electrons. The van der Waals surface area contributed by atoms with Crippen LogP contribution in [0, 0.1) is 0 Å². The minimum atomic E-state index is -3.74. The summed E-state index contributed by atoms with van der Waals surface area (Å²) in [6.07, 6.45) is 0. The quantitative estimate of drug-likeness (QED) is 0.707. The molecular formula is C16H14ClN3O4S. The summed E-state index contributed by atoms with van der Waals surface area (Å²) in [4.78, 5) is 4.25. The average molecular weight is 380 g/mol. The normalized spacial score (nSPS) is 11.4. The molecule has 0 aliphatic rings. The van der Waals surface area contributed by atoms with E-state index in [9.17, 15) is 8.42 Å². The maximum absolute atomic E-state index is 12.3. The molecule has 0 fully saturated rings. The number of halogens is 1. The maximum Gasteiger partial charge on any atom is 0.242 e. The number of hydrogen-bond acceptors (Lipinski definition) is 6. The van der Waals surface area contributed by atoms with Crippen molar-refractivity contribution in [2.24, 2.45) is 0 Å². The minimum absolute atomic E-state index is 0.0597. The Bertz CT molecular complexity index is 988. The Morgan fingerprint density at radius 2 is 2.00 bits per heavy atom. The molecule has 130 valence electrons. The van der Waals surface area contributed by atoms with Crippen molar-refractivity contribution in [1.29, 1.82) is 0 Å². The Morgan fingerprint density at radius 3 is 2.76 bits per heavy atom. The summed E-state index contributed by atoms with van der Waals surface area (Å²) in [5.74, 6) is 1.04. The molecule has 2 aromatic carbocycles. The van der Waals surface area contributed by atoms with Crippen molar-refractivity contribution in [3.63, 3.8) is 0 Å². The van der Waals surface area contributed by atoms with Crippen molar-refractivity contribution < 1.29 is 17.7 Å². The Morgan fingerprint density at radius 1 is 1.20 bits per heavy atom. The molecule has 0 spiro atoms. The van der Waals surface area contributed by atoms with Crippen molar-refractivity contribution in [3.8, 4) is 17.1 Å². The molecule has 1 N–H and O–H groups in total. The second kappa shape index (κ2) is 7.22. The molecular weight excluding hydrogens is 366 g/mol. The van der Waals surface area contributed by atoms with Crippen molar-refractivity contribution in [2.45, 2.75) is 11.4 Å². The number of hydrogen-bond donors (Lipinski definition) is 1. The molecule has 0 bridgehead atoms. The Balaban J connectivity index is 1.76. The summed E-state index contributed by atoms with van der Waals surface area (Å²) < 4.78 is 37.3. The zero-order chi connectivity index (χ0) is 17.9. The number of nitrogens with one attached hydrogen (secondary N) is 1. The first-order chi connectivity index (χ1) is 12.0. The highest BCUT2D eigenvalue weighted by molar-refractivity contribution is 7.89. The fraction of sp³-hybridized carbons (Fsp3) is 0.125. The second-order valence-corrected chi connectivity index (χ2v) is 7.20. The lowest BCUT2D eigenvalue weighted by Crippen LogP contribution is -2.23. The van der Waals surface area contributed by atoms with E-state index in [1.54, 1.807) is 31.4 Å². The third-order valence-corrected chi connectivity index (χ3v) is 4.97. The highest BCUT2D eigenvalue weighted by atomic mass is 35.5. The Hall–Kier alpha value is -2.42. The van der Waals surface area contributed by atoms with Gasteiger partial charge in [0.25, 0.3) is 0 Å². The topological polar surface area (TPSA) is 94.3 Å².